The fourth-order valence-electron chi connectivity index (χ4n) is 2.52. The number of carbonyl (C=O) groups excluding carboxylic acids is 2. The van der Waals surface area contributed by atoms with Crippen LogP contribution < -0.4 is 4.74 Å². The molecule has 2 amide bonds. The largest absolute Gasteiger partial charge is 0.490 e. The van der Waals surface area contributed by atoms with Gasteiger partial charge in [-0.15, -0.1) is 0 Å². The van der Waals surface area contributed by atoms with E-state index in [1.54, 1.807) is 30.3 Å². The van der Waals surface area contributed by atoms with Crippen LogP contribution in [-0.2, 0) is 11.3 Å². The first kappa shape index (κ1) is 20.0. The number of rotatable bonds is 5. The van der Waals surface area contributed by atoms with Crippen molar-refractivity contribution in [2.24, 2.45) is 0 Å². The number of carbonyl (C=O) groups is 2. The van der Waals surface area contributed by atoms with Crippen molar-refractivity contribution in [2.75, 3.05) is 0 Å². The van der Waals surface area contributed by atoms with Crippen LogP contribution in [0.4, 0.5) is 4.79 Å². The molecule has 0 aromatic heterocycles. The topological polar surface area (TPSA) is 46.6 Å². The molecule has 1 heterocycles. The zero-order valence-corrected chi connectivity index (χ0v) is 17.9. The second kappa shape index (κ2) is 8.50. The first-order chi connectivity index (χ1) is 12.8. The van der Waals surface area contributed by atoms with Crippen LogP contribution in [0.1, 0.15) is 25.0 Å². The molecule has 4 nitrogen and oxygen atoms in total. The molecular formula is C20H17BrClNO3S. The lowest BCUT2D eigenvalue weighted by molar-refractivity contribution is -0.123. The minimum Gasteiger partial charge on any atom is -0.490 e. The minimum atomic E-state index is -0.293. The van der Waals surface area contributed by atoms with Gasteiger partial charge in [-0.2, -0.15) is 0 Å². The highest BCUT2D eigenvalue weighted by molar-refractivity contribution is 9.10. The van der Waals surface area contributed by atoms with Crippen LogP contribution in [0.2, 0.25) is 5.02 Å². The molecular weight excluding hydrogens is 450 g/mol. The van der Waals surface area contributed by atoms with Crippen molar-refractivity contribution in [3.05, 3.63) is 68.0 Å². The fourth-order valence-corrected chi connectivity index (χ4v) is 3.97. The second-order valence-electron chi connectivity index (χ2n) is 6.25. The van der Waals surface area contributed by atoms with Crippen molar-refractivity contribution < 1.29 is 14.3 Å². The van der Waals surface area contributed by atoms with Crippen LogP contribution in [0.15, 0.2) is 51.8 Å². The van der Waals surface area contributed by atoms with Crippen LogP contribution in [0.25, 0.3) is 6.08 Å². The number of thioether (sulfide) groups is 1. The lowest BCUT2D eigenvalue weighted by atomic mass is 10.2. The van der Waals surface area contributed by atoms with E-state index in [0.29, 0.717) is 9.93 Å². The Hall–Kier alpha value is -1.76. The molecule has 2 aromatic carbocycles. The zero-order valence-electron chi connectivity index (χ0n) is 14.7. The molecule has 1 fully saturated rings. The molecule has 27 heavy (non-hydrogen) atoms. The van der Waals surface area contributed by atoms with Gasteiger partial charge in [-0.1, -0.05) is 29.8 Å². The summed E-state index contributed by atoms with van der Waals surface area (Å²) in [5, 5.41) is 0.336. The van der Waals surface area contributed by atoms with E-state index in [4.69, 9.17) is 16.3 Å². The van der Waals surface area contributed by atoms with Gasteiger partial charge in [0, 0.05) is 5.02 Å². The van der Waals surface area contributed by atoms with Crippen molar-refractivity contribution >= 4 is 56.5 Å². The molecule has 0 N–H and O–H groups in total. The van der Waals surface area contributed by atoms with Gasteiger partial charge in [0.2, 0.25) is 0 Å². The van der Waals surface area contributed by atoms with E-state index in [-0.39, 0.29) is 23.8 Å². The normalized spacial score (nSPS) is 15.9. The molecule has 3 rings (SSSR count). The third-order valence-corrected chi connectivity index (χ3v) is 5.52. The summed E-state index contributed by atoms with van der Waals surface area (Å²) in [7, 11) is 0. The Balaban J connectivity index is 1.77. The number of amides is 2. The molecule has 1 aliphatic rings. The Labute approximate surface area is 175 Å². The smallest absolute Gasteiger partial charge is 0.293 e. The predicted octanol–water partition coefficient (Wildman–Crippen LogP) is 6.13. The summed E-state index contributed by atoms with van der Waals surface area (Å²) in [6, 6.07) is 12.7. The SMILES string of the molecule is CC(C)Oc1ccc(/C=C2/SC(=O)N(Cc3ccc(Cl)cc3)C2=O)cc1Br. The van der Waals surface area contributed by atoms with Crippen molar-refractivity contribution in [3.63, 3.8) is 0 Å². The number of benzene rings is 2. The second-order valence-corrected chi connectivity index (χ2v) is 8.53. The van der Waals surface area contributed by atoms with Crippen molar-refractivity contribution in [2.45, 2.75) is 26.5 Å². The van der Waals surface area contributed by atoms with Gasteiger partial charge in [-0.25, -0.2) is 0 Å². The Morgan fingerprint density at radius 2 is 1.89 bits per heavy atom. The highest BCUT2D eigenvalue weighted by Crippen LogP contribution is 2.35. The van der Waals surface area contributed by atoms with E-state index in [1.807, 2.05) is 32.0 Å². The Morgan fingerprint density at radius 3 is 2.52 bits per heavy atom. The van der Waals surface area contributed by atoms with Gasteiger partial charge in [-0.3, -0.25) is 14.5 Å². The van der Waals surface area contributed by atoms with Gasteiger partial charge < -0.3 is 4.74 Å². The average molecular weight is 467 g/mol. The lowest BCUT2D eigenvalue weighted by Gasteiger charge is -2.12. The number of hydrogen-bond acceptors (Lipinski definition) is 4. The molecule has 0 spiro atoms. The molecule has 0 radical (unpaired) electrons. The van der Waals surface area contributed by atoms with Gasteiger partial charge in [-0.05, 0) is 83.0 Å². The molecule has 0 aliphatic carbocycles. The van der Waals surface area contributed by atoms with Gasteiger partial charge in [0.15, 0.2) is 0 Å². The molecule has 0 unspecified atom stereocenters. The summed E-state index contributed by atoms with van der Waals surface area (Å²) in [5.41, 5.74) is 1.66. The van der Waals surface area contributed by atoms with E-state index in [9.17, 15) is 9.59 Å². The Bertz CT molecular complexity index is 912. The summed E-state index contributed by atoms with van der Waals surface area (Å²) < 4.78 is 6.49. The summed E-state index contributed by atoms with van der Waals surface area (Å²) >= 11 is 10.3. The molecule has 0 atom stereocenters. The summed E-state index contributed by atoms with van der Waals surface area (Å²) in [4.78, 5) is 26.6. The van der Waals surface area contributed by atoms with Crippen molar-refractivity contribution in [1.82, 2.24) is 4.90 Å². The third kappa shape index (κ3) is 4.94. The lowest BCUT2D eigenvalue weighted by Crippen LogP contribution is -2.27. The Morgan fingerprint density at radius 1 is 1.19 bits per heavy atom. The number of imide groups is 1. The molecule has 140 valence electrons. The van der Waals surface area contributed by atoms with Gasteiger partial charge in [0.25, 0.3) is 11.1 Å². The zero-order chi connectivity index (χ0) is 19.6. The van der Waals surface area contributed by atoms with E-state index < -0.39 is 0 Å². The van der Waals surface area contributed by atoms with Crippen LogP contribution in [0.5, 0.6) is 5.75 Å². The summed E-state index contributed by atoms with van der Waals surface area (Å²) in [5.74, 6) is 0.441. The highest BCUT2D eigenvalue weighted by atomic mass is 79.9. The highest BCUT2D eigenvalue weighted by Gasteiger charge is 2.34. The molecule has 1 saturated heterocycles. The maximum atomic E-state index is 12.6. The average Bonchev–Trinajstić information content (AvgIpc) is 2.86. The van der Waals surface area contributed by atoms with Crippen LogP contribution >= 0.6 is 39.3 Å². The van der Waals surface area contributed by atoms with E-state index in [1.165, 1.54) is 4.90 Å². The van der Waals surface area contributed by atoms with Gasteiger partial charge in [0.05, 0.1) is 22.0 Å². The first-order valence-electron chi connectivity index (χ1n) is 8.29. The Kier molecular flexibility index (Phi) is 6.29. The number of nitrogens with zero attached hydrogens (tertiary/aromatic N) is 1. The third-order valence-electron chi connectivity index (χ3n) is 3.74. The molecule has 0 saturated carbocycles. The monoisotopic (exact) mass is 465 g/mol. The van der Waals surface area contributed by atoms with Crippen LogP contribution in [-0.4, -0.2) is 22.2 Å². The van der Waals surface area contributed by atoms with Crippen LogP contribution in [0.3, 0.4) is 0 Å². The first-order valence-corrected chi connectivity index (χ1v) is 10.3. The van der Waals surface area contributed by atoms with Crippen molar-refractivity contribution in [1.29, 1.82) is 0 Å². The standard InChI is InChI=1S/C20H17BrClNO3S/c1-12(2)26-17-8-5-14(9-16(17)21)10-18-19(24)23(20(25)27-18)11-13-3-6-15(22)7-4-13/h3-10,12H,11H2,1-2H3/b18-10+. The molecule has 7 heteroatoms. The fraction of sp³-hybridized carbons (Fsp3) is 0.200. The molecule has 0 bridgehead atoms. The van der Waals surface area contributed by atoms with Gasteiger partial charge >= 0.3 is 0 Å². The summed E-state index contributed by atoms with van der Waals surface area (Å²) in [6.45, 7) is 4.14. The van der Waals surface area contributed by atoms with E-state index >= 15 is 0 Å². The molecule has 2 aromatic rings. The maximum Gasteiger partial charge on any atom is 0.293 e. The predicted molar refractivity (Wildman–Crippen MR) is 113 cm³/mol. The van der Waals surface area contributed by atoms with Crippen molar-refractivity contribution in [3.8, 4) is 5.75 Å². The maximum absolute atomic E-state index is 12.6. The minimum absolute atomic E-state index is 0.0662. The van der Waals surface area contributed by atoms with Crippen LogP contribution in [0, 0.1) is 0 Å². The number of ether oxygens (including phenoxy) is 1. The quantitative estimate of drug-likeness (QED) is 0.498. The molecule has 1 aliphatic heterocycles. The number of halogens is 2. The van der Waals surface area contributed by atoms with Gasteiger partial charge in [0.1, 0.15) is 5.75 Å². The van der Waals surface area contributed by atoms with E-state index in [2.05, 4.69) is 15.9 Å². The number of hydrogen-bond donors (Lipinski definition) is 0. The summed E-state index contributed by atoms with van der Waals surface area (Å²) in [6.07, 6.45) is 1.79. The van der Waals surface area contributed by atoms with E-state index in [0.717, 1.165) is 33.1 Å².